The summed E-state index contributed by atoms with van der Waals surface area (Å²) in [6.07, 6.45) is 2.91. The molecule has 118 valence electrons. The van der Waals surface area contributed by atoms with Crippen molar-refractivity contribution in [2.75, 3.05) is 20.3 Å². The molecule has 0 heterocycles. The van der Waals surface area contributed by atoms with E-state index in [0.29, 0.717) is 13.2 Å². The zero-order chi connectivity index (χ0) is 15.5. The molecule has 0 spiro atoms. The molecule has 0 amide bonds. The Morgan fingerprint density at radius 3 is 2.71 bits per heavy atom. The average molecular weight is 333 g/mol. The summed E-state index contributed by atoms with van der Waals surface area (Å²) >= 11 is 6.01. The summed E-state index contributed by atoms with van der Waals surface area (Å²) in [4.78, 5) is 0.0923. The van der Waals surface area contributed by atoms with Crippen LogP contribution in [0.25, 0.3) is 0 Å². The molecule has 0 aliphatic heterocycles. The van der Waals surface area contributed by atoms with Crippen LogP contribution in [-0.4, -0.2) is 28.7 Å². The molecule has 5 nitrogen and oxygen atoms in total. The molecule has 0 radical (unpaired) electrons. The predicted molar refractivity (Wildman–Crippen MR) is 82.7 cm³/mol. The van der Waals surface area contributed by atoms with E-state index >= 15 is 0 Å². The van der Waals surface area contributed by atoms with Crippen LogP contribution in [0.15, 0.2) is 23.1 Å². The first kappa shape index (κ1) is 16.7. The monoisotopic (exact) mass is 332 g/mol. The highest BCUT2D eigenvalue weighted by Crippen LogP contribution is 2.48. The van der Waals surface area contributed by atoms with E-state index in [1.165, 1.54) is 6.07 Å². The van der Waals surface area contributed by atoms with E-state index < -0.39 is 10.0 Å². The molecule has 1 fully saturated rings. The molecule has 2 rings (SSSR count). The van der Waals surface area contributed by atoms with Crippen molar-refractivity contribution in [1.82, 2.24) is 4.72 Å². The lowest BCUT2D eigenvalue weighted by molar-refractivity contribution is 0.173. The van der Waals surface area contributed by atoms with Crippen LogP contribution in [-0.2, 0) is 21.3 Å². The minimum absolute atomic E-state index is 0.0427. The second-order valence-electron chi connectivity index (χ2n) is 5.54. The van der Waals surface area contributed by atoms with Crippen LogP contribution >= 0.6 is 11.6 Å². The highest BCUT2D eigenvalue weighted by molar-refractivity contribution is 7.89. The number of hydrogen-bond acceptors (Lipinski definition) is 4. The van der Waals surface area contributed by atoms with Gasteiger partial charge < -0.3 is 10.5 Å². The Balaban J connectivity index is 2.08. The quantitative estimate of drug-likeness (QED) is 0.761. The van der Waals surface area contributed by atoms with E-state index in [0.717, 1.165) is 24.8 Å². The summed E-state index contributed by atoms with van der Waals surface area (Å²) in [7, 11) is -1.97. The van der Waals surface area contributed by atoms with Gasteiger partial charge in [-0.3, -0.25) is 0 Å². The van der Waals surface area contributed by atoms with Crippen molar-refractivity contribution < 1.29 is 13.2 Å². The number of ether oxygens (including phenoxy) is 1. The first-order valence-electron chi connectivity index (χ1n) is 6.90. The largest absolute Gasteiger partial charge is 0.385 e. The van der Waals surface area contributed by atoms with Gasteiger partial charge in [-0.2, -0.15) is 0 Å². The first-order valence-corrected chi connectivity index (χ1v) is 8.76. The second kappa shape index (κ2) is 6.62. The molecular formula is C14H21ClN2O3S. The maximum atomic E-state index is 12.4. The smallest absolute Gasteiger partial charge is 0.242 e. The SMILES string of the molecule is COCCC1(CNS(=O)(=O)c2cc(CN)ccc2Cl)CC1. The number of nitrogens with one attached hydrogen (secondary N) is 1. The van der Waals surface area contributed by atoms with E-state index in [2.05, 4.69) is 4.72 Å². The van der Waals surface area contributed by atoms with Crippen molar-refractivity contribution in [3.63, 3.8) is 0 Å². The zero-order valence-corrected chi connectivity index (χ0v) is 13.6. The fourth-order valence-corrected chi connectivity index (χ4v) is 3.92. The number of benzene rings is 1. The van der Waals surface area contributed by atoms with Gasteiger partial charge in [0.25, 0.3) is 0 Å². The lowest BCUT2D eigenvalue weighted by Crippen LogP contribution is -2.31. The molecule has 1 aromatic carbocycles. The van der Waals surface area contributed by atoms with Gasteiger partial charge in [0.15, 0.2) is 0 Å². The summed E-state index contributed by atoms with van der Waals surface area (Å²) in [5, 5.41) is 0.210. The van der Waals surface area contributed by atoms with E-state index in [-0.39, 0.29) is 21.9 Å². The first-order chi connectivity index (χ1) is 9.92. The lowest BCUT2D eigenvalue weighted by atomic mass is 10.0. The van der Waals surface area contributed by atoms with Gasteiger partial charge >= 0.3 is 0 Å². The number of halogens is 1. The molecule has 0 aromatic heterocycles. The third-order valence-electron chi connectivity index (χ3n) is 3.95. The van der Waals surface area contributed by atoms with E-state index in [1.807, 2.05) is 0 Å². The molecule has 7 heteroatoms. The maximum absolute atomic E-state index is 12.4. The molecule has 1 aliphatic rings. The predicted octanol–water partition coefficient (Wildman–Crippen LogP) is 1.89. The Morgan fingerprint density at radius 1 is 1.43 bits per heavy atom. The highest BCUT2D eigenvalue weighted by atomic mass is 35.5. The van der Waals surface area contributed by atoms with Gasteiger partial charge in [-0.05, 0) is 42.4 Å². The Labute approximate surface area is 130 Å². The average Bonchev–Trinajstić information content (AvgIpc) is 3.24. The van der Waals surface area contributed by atoms with Crippen molar-refractivity contribution in [2.24, 2.45) is 11.1 Å². The topological polar surface area (TPSA) is 81.4 Å². The minimum atomic E-state index is -3.62. The van der Waals surface area contributed by atoms with Gasteiger partial charge in [-0.25, -0.2) is 13.1 Å². The number of methoxy groups -OCH3 is 1. The van der Waals surface area contributed by atoms with Crippen molar-refractivity contribution >= 4 is 21.6 Å². The van der Waals surface area contributed by atoms with Crippen molar-refractivity contribution in [2.45, 2.75) is 30.7 Å². The zero-order valence-electron chi connectivity index (χ0n) is 12.1. The molecule has 1 saturated carbocycles. The molecule has 1 aromatic rings. The van der Waals surface area contributed by atoms with Gasteiger partial charge in [0.2, 0.25) is 10.0 Å². The Bertz CT molecular complexity index is 600. The van der Waals surface area contributed by atoms with Crippen LogP contribution in [0.4, 0.5) is 0 Å². The van der Waals surface area contributed by atoms with Crippen LogP contribution in [0.3, 0.4) is 0 Å². The Hall–Kier alpha value is -0.660. The summed E-state index contributed by atoms with van der Waals surface area (Å²) in [6, 6.07) is 4.82. The molecule has 0 unspecified atom stereocenters. The second-order valence-corrected chi connectivity index (χ2v) is 7.68. The molecule has 3 N–H and O–H groups in total. The molecule has 1 aliphatic carbocycles. The third kappa shape index (κ3) is 4.17. The molecule has 0 saturated heterocycles. The summed E-state index contributed by atoms with van der Waals surface area (Å²) in [5.41, 5.74) is 6.33. The summed E-state index contributed by atoms with van der Waals surface area (Å²) < 4.78 is 32.5. The fraction of sp³-hybridized carbons (Fsp3) is 0.571. The van der Waals surface area contributed by atoms with Gasteiger partial charge in [-0.15, -0.1) is 0 Å². The molecule has 21 heavy (non-hydrogen) atoms. The Morgan fingerprint density at radius 2 is 2.14 bits per heavy atom. The van der Waals surface area contributed by atoms with Gasteiger partial charge in [0.05, 0.1) is 5.02 Å². The van der Waals surface area contributed by atoms with Crippen molar-refractivity contribution in [3.8, 4) is 0 Å². The van der Waals surface area contributed by atoms with Crippen LogP contribution in [0.1, 0.15) is 24.8 Å². The molecular weight excluding hydrogens is 312 g/mol. The van der Waals surface area contributed by atoms with Crippen molar-refractivity contribution in [1.29, 1.82) is 0 Å². The van der Waals surface area contributed by atoms with Gasteiger partial charge in [0.1, 0.15) is 4.90 Å². The van der Waals surface area contributed by atoms with E-state index in [9.17, 15) is 8.42 Å². The van der Waals surface area contributed by atoms with Crippen LogP contribution in [0, 0.1) is 5.41 Å². The van der Waals surface area contributed by atoms with Crippen LogP contribution in [0.5, 0.6) is 0 Å². The maximum Gasteiger partial charge on any atom is 0.242 e. The minimum Gasteiger partial charge on any atom is -0.385 e. The summed E-state index contributed by atoms with van der Waals surface area (Å²) in [6.45, 7) is 1.34. The fourth-order valence-electron chi connectivity index (χ4n) is 2.22. The molecule has 0 bridgehead atoms. The van der Waals surface area contributed by atoms with Crippen molar-refractivity contribution in [3.05, 3.63) is 28.8 Å². The number of rotatable bonds is 8. The number of hydrogen-bond donors (Lipinski definition) is 2. The standard InChI is InChI=1S/C14H21ClN2O3S/c1-20-7-6-14(4-5-14)10-17-21(18,19)13-8-11(9-16)2-3-12(13)15/h2-3,8,17H,4-7,9-10,16H2,1H3. The van der Waals surface area contributed by atoms with Crippen LogP contribution in [0.2, 0.25) is 5.02 Å². The van der Waals surface area contributed by atoms with E-state index in [1.54, 1.807) is 19.2 Å². The van der Waals surface area contributed by atoms with Crippen LogP contribution < -0.4 is 10.5 Å². The molecule has 0 atom stereocenters. The Kier molecular flexibility index (Phi) is 5.27. The number of sulfonamides is 1. The lowest BCUT2D eigenvalue weighted by Gasteiger charge is -2.16. The number of nitrogens with two attached hydrogens (primary N) is 1. The van der Waals surface area contributed by atoms with E-state index in [4.69, 9.17) is 22.1 Å². The van der Waals surface area contributed by atoms with Gasteiger partial charge in [0, 0.05) is 26.8 Å². The highest BCUT2D eigenvalue weighted by Gasteiger charge is 2.42. The van der Waals surface area contributed by atoms with Gasteiger partial charge in [-0.1, -0.05) is 17.7 Å². The third-order valence-corrected chi connectivity index (χ3v) is 5.83. The normalized spacial score (nSPS) is 16.9. The summed E-state index contributed by atoms with van der Waals surface area (Å²) in [5.74, 6) is 0.